The number of nitrogens with zero attached hydrogens (tertiary/aromatic N) is 1. The zero-order valence-electron chi connectivity index (χ0n) is 13.6. The van der Waals surface area contributed by atoms with Crippen molar-refractivity contribution >= 4 is 17.8 Å². The van der Waals surface area contributed by atoms with Gasteiger partial charge in [0.2, 0.25) is 0 Å². The second-order valence-electron chi connectivity index (χ2n) is 5.24. The number of aryl methyl sites for hydroxylation is 2. The number of hydrogen-bond acceptors (Lipinski definition) is 4. The lowest BCUT2D eigenvalue weighted by molar-refractivity contribution is -0.386. The molecule has 0 saturated carbocycles. The van der Waals surface area contributed by atoms with Crippen LogP contribution in [0.1, 0.15) is 22.3 Å². The molecule has 0 saturated heterocycles. The fourth-order valence-electron chi connectivity index (χ4n) is 2.49. The molecule has 2 aromatic carbocycles. The van der Waals surface area contributed by atoms with Gasteiger partial charge in [0.25, 0.3) is 5.69 Å². The molecule has 0 aliphatic carbocycles. The topological polar surface area (TPSA) is 61.6 Å². The number of methoxy groups -OCH3 is 2. The van der Waals surface area contributed by atoms with Gasteiger partial charge in [-0.3, -0.25) is 10.1 Å². The van der Waals surface area contributed by atoms with Crippen LogP contribution < -0.4 is 9.47 Å². The second-order valence-corrected chi connectivity index (χ2v) is 5.24. The van der Waals surface area contributed by atoms with Crippen LogP contribution in [-0.2, 0) is 0 Å². The highest BCUT2D eigenvalue weighted by Crippen LogP contribution is 2.27. The SMILES string of the molecule is COc1cc(/C=C/c2cc(C)c([N+](=O)[O-])c(C)c2)cc(OC)c1. The fraction of sp³-hybridized carbons (Fsp3) is 0.222. The van der Waals surface area contributed by atoms with Crippen molar-refractivity contribution in [1.29, 1.82) is 0 Å². The van der Waals surface area contributed by atoms with E-state index < -0.39 is 0 Å². The molecule has 0 radical (unpaired) electrons. The maximum absolute atomic E-state index is 11.0. The predicted molar refractivity (Wildman–Crippen MR) is 91.0 cm³/mol. The van der Waals surface area contributed by atoms with E-state index in [1.807, 2.05) is 24.3 Å². The van der Waals surface area contributed by atoms with E-state index in [1.165, 1.54) is 0 Å². The quantitative estimate of drug-likeness (QED) is 0.466. The maximum atomic E-state index is 11.0. The standard InChI is InChI=1S/C18H19NO4/c1-12-7-14(8-13(2)18(12)19(20)21)5-6-15-9-16(22-3)11-17(10-15)23-4/h5-11H,1-4H3/b6-5+. The van der Waals surface area contributed by atoms with Crippen molar-refractivity contribution in [3.05, 3.63) is 62.7 Å². The van der Waals surface area contributed by atoms with Crippen LogP contribution in [0.25, 0.3) is 12.2 Å². The largest absolute Gasteiger partial charge is 0.497 e. The lowest BCUT2D eigenvalue weighted by Gasteiger charge is -2.06. The van der Waals surface area contributed by atoms with Crippen molar-refractivity contribution in [3.8, 4) is 11.5 Å². The summed E-state index contributed by atoms with van der Waals surface area (Å²) in [6.45, 7) is 3.49. The summed E-state index contributed by atoms with van der Waals surface area (Å²) in [6.07, 6.45) is 3.84. The van der Waals surface area contributed by atoms with E-state index in [-0.39, 0.29) is 10.6 Å². The number of nitro benzene ring substituents is 1. The molecule has 0 atom stereocenters. The average Bonchev–Trinajstić information content (AvgIpc) is 2.51. The Hall–Kier alpha value is -2.82. The first kappa shape index (κ1) is 16.5. The summed E-state index contributed by atoms with van der Waals surface area (Å²) in [4.78, 5) is 10.7. The van der Waals surface area contributed by atoms with Crippen LogP contribution in [0, 0.1) is 24.0 Å². The minimum atomic E-state index is -0.342. The highest BCUT2D eigenvalue weighted by molar-refractivity contribution is 5.72. The van der Waals surface area contributed by atoms with Crippen LogP contribution in [0.15, 0.2) is 30.3 Å². The van der Waals surface area contributed by atoms with E-state index in [2.05, 4.69) is 0 Å². The van der Waals surface area contributed by atoms with Gasteiger partial charge in [-0.05, 0) is 49.2 Å². The first-order valence-electron chi connectivity index (χ1n) is 7.11. The van der Waals surface area contributed by atoms with Crippen molar-refractivity contribution < 1.29 is 14.4 Å². The van der Waals surface area contributed by atoms with Crippen LogP contribution in [0.3, 0.4) is 0 Å². The van der Waals surface area contributed by atoms with Crippen LogP contribution in [0.4, 0.5) is 5.69 Å². The van der Waals surface area contributed by atoms with Crippen molar-refractivity contribution in [3.63, 3.8) is 0 Å². The molecule has 0 aliphatic rings. The molecule has 120 valence electrons. The Morgan fingerprint density at radius 2 is 1.30 bits per heavy atom. The maximum Gasteiger partial charge on any atom is 0.275 e. The lowest BCUT2D eigenvalue weighted by Crippen LogP contribution is -1.95. The van der Waals surface area contributed by atoms with Crippen molar-refractivity contribution in [1.82, 2.24) is 0 Å². The first-order valence-corrected chi connectivity index (χ1v) is 7.11. The van der Waals surface area contributed by atoms with Gasteiger partial charge in [0.05, 0.1) is 19.1 Å². The number of nitro groups is 1. The molecule has 5 heteroatoms. The van der Waals surface area contributed by atoms with Gasteiger partial charge in [0, 0.05) is 17.2 Å². The Morgan fingerprint density at radius 3 is 1.70 bits per heavy atom. The van der Waals surface area contributed by atoms with E-state index in [1.54, 1.807) is 46.3 Å². The molecule has 0 spiro atoms. The molecule has 5 nitrogen and oxygen atoms in total. The van der Waals surface area contributed by atoms with Crippen LogP contribution in [0.2, 0.25) is 0 Å². The van der Waals surface area contributed by atoms with Crippen molar-refractivity contribution in [2.75, 3.05) is 14.2 Å². The number of ether oxygens (including phenoxy) is 2. The summed E-state index contributed by atoms with van der Waals surface area (Å²) in [5.74, 6) is 1.42. The Balaban J connectivity index is 2.35. The predicted octanol–water partition coefficient (Wildman–Crippen LogP) is 4.40. The molecule has 0 aromatic heterocycles. The highest BCUT2D eigenvalue weighted by atomic mass is 16.6. The van der Waals surface area contributed by atoms with Gasteiger partial charge >= 0.3 is 0 Å². The summed E-state index contributed by atoms with van der Waals surface area (Å²) in [7, 11) is 3.20. The Kier molecular flexibility index (Phi) is 5.01. The van der Waals surface area contributed by atoms with Gasteiger partial charge < -0.3 is 9.47 Å². The molecule has 0 bridgehead atoms. The summed E-state index contributed by atoms with van der Waals surface area (Å²) < 4.78 is 10.5. The molecular weight excluding hydrogens is 294 g/mol. The smallest absolute Gasteiger partial charge is 0.275 e. The van der Waals surface area contributed by atoms with Gasteiger partial charge in [-0.1, -0.05) is 12.2 Å². The highest BCUT2D eigenvalue weighted by Gasteiger charge is 2.14. The molecule has 0 unspecified atom stereocenters. The molecule has 0 aliphatic heterocycles. The normalized spacial score (nSPS) is 10.8. The Morgan fingerprint density at radius 1 is 0.870 bits per heavy atom. The van der Waals surface area contributed by atoms with Gasteiger partial charge in [0.1, 0.15) is 11.5 Å². The molecule has 0 fully saturated rings. The molecule has 23 heavy (non-hydrogen) atoms. The van der Waals surface area contributed by atoms with Crippen LogP contribution in [0.5, 0.6) is 11.5 Å². The van der Waals surface area contributed by atoms with E-state index >= 15 is 0 Å². The van der Waals surface area contributed by atoms with Gasteiger partial charge in [-0.15, -0.1) is 0 Å². The van der Waals surface area contributed by atoms with Crippen LogP contribution in [-0.4, -0.2) is 19.1 Å². The summed E-state index contributed by atoms with van der Waals surface area (Å²) in [5.41, 5.74) is 3.31. The number of hydrogen-bond donors (Lipinski definition) is 0. The molecule has 0 heterocycles. The third-order valence-corrected chi connectivity index (χ3v) is 3.54. The monoisotopic (exact) mass is 313 g/mol. The zero-order valence-corrected chi connectivity index (χ0v) is 13.6. The summed E-state index contributed by atoms with van der Waals surface area (Å²) in [5, 5.41) is 11.0. The average molecular weight is 313 g/mol. The summed E-state index contributed by atoms with van der Waals surface area (Å²) in [6, 6.07) is 9.20. The van der Waals surface area contributed by atoms with E-state index in [9.17, 15) is 10.1 Å². The van der Waals surface area contributed by atoms with Crippen LogP contribution >= 0.6 is 0 Å². The fourth-order valence-corrected chi connectivity index (χ4v) is 2.49. The van der Waals surface area contributed by atoms with Gasteiger partial charge in [-0.2, -0.15) is 0 Å². The van der Waals surface area contributed by atoms with Crippen molar-refractivity contribution in [2.45, 2.75) is 13.8 Å². The van der Waals surface area contributed by atoms with Crippen molar-refractivity contribution in [2.24, 2.45) is 0 Å². The third kappa shape index (κ3) is 3.88. The van der Waals surface area contributed by atoms with E-state index in [4.69, 9.17) is 9.47 Å². The Labute approximate surface area is 135 Å². The van der Waals surface area contributed by atoms with Gasteiger partial charge in [-0.25, -0.2) is 0 Å². The molecular formula is C18H19NO4. The first-order chi connectivity index (χ1) is 10.9. The zero-order chi connectivity index (χ0) is 17.0. The minimum absolute atomic E-state index is 0.171. The van der Waals surface area contributed by atoms with Gasteiger partial charge in [0.15, 0.2) is 0 Å². The molecule has 2 rings (SSSR count). The van der Waals surface area contributed by atoms with E-state index in [0.29, 0.717) is 22.6 Å². The number of rotatable bonds is 5. The lowest BCUT2D eigenvalue weighted by atomic mass is 10.0. The summed E-state index contributed by atoms with van der Waals surface area (Å²) >= 11 is 0. The van der Waals surface area contributed by atoms with E-state index in [0.717, 1.165) is 11.1 Å². The molecule has 0 N–H and O–H groups in total. The minimum Gasteiger partial charge on any atom is -0.497 e. The Bertz CT molecular complexity index is 720. The third-order valence-electron chi connectivity index (χ3n) is 3.54. The second kappa shape index (κ2) is 6.96. The number of benzene rings is 2. The molecule has 2 aromatic rings. The molecule has 0 amide bonds.